The lowest BCUT2D eigenvalue weighted by atomic mass is 9.60. The van der Waals surface area contributed by atoms with Crippen LogP contribution in [0.25, 0.3) is 0 Å². The van der Waals surface area contributed by atoms with Crippen LogP contribution in [0.3, 0.4) is 0 Å². The van der Waals surface area contributed by atoms with Gasteiger partial charge in [-0.15, -0.1) is 0 Å². The second kappa shape index (κ2) is 15.1. The lowest BCUT2D eigenvalue weighted by Gasteiger charge is -2.60. The minimum Gasteiger partial charge on any atom is -0.494 e. The smallest absolute Gasteiger partial charge is 0.119 e. The largest absolute Gasteiger partial charge is 0.494 e. The van der Waals surface area contributed by atoms with Crippen LogP contribution < -0.4 is 4.74 Å². The minimum absolute atomic E-state index is 0.00469. The quantitative estimate of drug-likeness (QED) is 0.149. The number of halogens is 1. The van der Waals surface area contributed by atoms with Gasteiger partial charge in [0.15, 0.2) is 0 Å². The van der Waals surface area contributed by atoms with Gasteiger partial charge in [0.2, 0.25) is 0 Å². The fourth-order valence-electron chi connectivity index (χ4n) is 6.91. The molecule has 2 N–H and O–H groups in total. The van der Waals surface area contributed by atoms with Crippen molar-refractivity contribution in [3.63, 3.8) is 0 Å². The molecule has 7 heteroatoms. The molecular formula is C39H43ClO6. The first-order chi connectivity index (χ1) is 22.5. The maximum Gasteiger partial charge on any atom is 0.119 e. The molecule has 0 aromatic heterocycles. The van der Waals surface area contributed by atoms with Crippen molar-refractivity contribution in [3.05, 3.63) is 136 Å². The summed E-state index contributed by atoms with van der Waals surface area (Å²) in [5, 5.41) is 21.2. The summed E-state index contributed by atoms with van der Waals surface area (Å²) in [5.74, 6) is 0.845. The molecule has 1 aliphatic carbocycles. The van der Waals surface area contributed by atoms with Gasteiger partial charge in [-0.05, 0) is 72.2 Å². The minimum atomic E-state index is -0.888. The average molecular weight is 643 g/mol. The number of rotatable bonds is 14. The third-order valence-corrected chi connectivity index (χ3v) is 9.69. The maximum atomic E-state index is 10.7. The summed E-state index contributed by atoms with van der Waals surface area (Å²) in [6.07, 6.45) is 0.540. The fraction of sp³-hybridized carbons (Fsp3) is 0.385. The maximum absolute atomic E-state index is 10.7. The number of hydrogen-bond donors (Lipinski definition) is 2. The van der Waals surface area contributed by atoms with E-state index in [2.05, 4.69) is 42.5 Å². The number of hydrogen-bond acceptors (Lipinski definition) is 6. The highest BCUT2D eigenvalue weighted by atomic mass is 35.5. The third-order valence-electron chi connectivity index (χ3n) is 9.32. The van der Waals surface area contributed by atoms with Crippen LogP contribution in [0.15, 0.2) is 103 Å². The lowest BCUT2D eigenvalue weighted by molar-refractivity contribution is -0.315. The topological polar surface area (TPSA) is 77.4 Å². The summed E-state index contributed by atoms with van der Waals surface area (Å²) < 4.78 is 26.3. The van der Waals surface area contributed by atoms with E-state index in [1.165, 1.54) is 0 Å². The van der Waals surface area contributed by atoms with E-state index in [9.17, 15) is 10.2 Å². The molecule has 0 amide bonds. The third kappa shape index (κ3) is 7.49. The highest BCUT2D eigenvalue weighted by Crippen LogP contribution is 2.56. The highest BCUT2D eigenvalue weighted by molar-refractivity contribution is 6.31. The SMILES string of the molecule is CCOc1ccc(Cc2cc(C3OC4(CC(O)CO)CCC4C(OCc4ccccc4)C3OCc3ccccc3)ccc2Cl)cc1. The summed E-state index contributed by atoms with van der Waals surface area (Å²) in [6, 6.07) is 34.4. The standard InChI is InChI=1S/C39H43ClO6/c1-2-43-33-16-13-27(14-17-33)21-31-22-30(15-18-35(31)40)36-38(45-26-29-11-7-4-8-12-29)37(44-25-28-9-5-3-6-10-28)34-19-20-39(34,46-36)23-32(42)24-41/h3-18,22,32,34,36-38,41-42H,2,19-21,23-26H2,1H3. The molecule has 1 aliphatic heterocycles. The molecule has 0 radical (unpaired) electrons. The van der Waals surface area contributed by atoms with Crippen molar-refractivity contribution in [3.8, 4) is 5.75 Å². The van der Waals surface area contributed by atoms with E-state index >= 15 is 0 Å². The molecule has 0 bridgehead atoms. The van der Waals surface area contributed by atoms with Crippen molar-refractivity contribution in [1.29, 1.82) is 0 Å². The van der Waals surface area contributed by atoms with Crippen molar-refractivity contribution in [1.82, 2.24) is 0 Å². The molecule has 1 saturated heterocycles. The molecule has 2 fully saturated rings. The first-order valence-electron chi connectivity index (χ1n) is 16.3. The molecule has 242 valence electrons. The van der Waals surface area contributed by atoms with Crippen LogP contribution in [0, 0.1) is 5.92 Å². The van der Waals surface area contributed by atoms with Gasteiger partial charge >= 0.3 is 0 Å². The second-order valence-electron chi connectivity index (χ2n) is 12.4. The fourth-order valence-corrected chi connectivity index (χ4v) is 7.09. The molecule has 4 aromatic carbocycles. The lowest BCUT2D eigenvalue weighted by Crippen LogP contribution is -2.65. The number of aliphatic hydroxyl groups is 2. The predicted octanol–water partition coefficient (Wildman–Crippen LogP) is 7.46. The van der Waals surface area contributed by atoms with Gasteiger partial charge in [-0.25, -0.2) is 0 Å². The Kier molecular flexibility index (Phi) is 10.7. The molecule has 1 saturated carbocycles. The molecule has 6 atom stereocenters. The summed E-state index contributed by atoms with van der Waals surface area (Å²) in [6.45, 7) is 3.11. The van der Waals surface area contributed by atoms with Gasteiger partial charge in [0, 0.05) is 17.4 Å². The van der Waals surface area contributed by atoms with Crippen LogP contribution in [-0.4, -0.2) is 47.3 Å². The Morgan fingerprint density at radius 1 is 0.848 bits per heavy atom. The number of fused-ring (bicyclic) bond motifs is 1. The van der Waals surface area contributed by atoms with E-state index in [4.69, 9.17) is 30.5 Å². The summed E-state index contributed by atoms with van der Waals surface area (Å²) >= 11 is 6.79. The Morgan fingerprint density at radius 3 is 2.09 bits per heavy atom. The van der Waals surface area contributed by atoms with E-state index in [1.807, 2.05) is 67.6 Å². The van der Waals surface area contributed by atoms with E-state index in [1.54, 1.807) is 0 Å². The van der Waals surface area contributed by atoms with Gasteiger partial charge < -0.3 is 29.2 Å². The van der Waals surface area contributed by atoms with E-state index in [-0.39, 0.29) is 18.6 Å². The Morgan fingerprint density at radius 2 is 1.50 bits per heavy atom. The van der Waals surface area contributed by atoms with Crippen LogP contribution in [0.2, 0.25) is 5.02 Å². The van der Waals surface area contributed by atoms with Crippen molar-refractivity contribution < 1.29 is 29.2 Å². The van der Waals surface area contributed by atoms with Crippen LogP contribution in [0.4, 0.5) is 0 Å². The zero-order valence-electron chi connectivity index (χ0n) is 26.3. The number of ether oxygens (including phenoxy) is 4. The molecule has 2 aliphatic rings. The molecule has 0 spiro atoms. The summed E-state index contributed by atoms with van der Waals surface area (Å²) in [4.78, 5) is 0. The van der Waals surface area contributed by atoms with E-state index in [0.717, 1.165) is 46.4 Å². The van der Waals surface area contributed by atoms with Crippen LogP contribution in [-0.2, 0) is 33.8 Å². The Labute approximate surface area is 276 Å². The zero-order valence-corrected chi connectivity index (χ0v) is 27.0. The number of benzene rings is 4. The van der Waals surface area contributed by atoms with Crippen molar-refractivity contribution in [2.45, 2.75) is 75.8 Å². The molecule has 46 heavy (non-hydrogen) atoms. The van der Waals surface area contributed by atoms with Crippen LogP contribution in [0.1, 0.15) is 60.1 Å². The molecular weight excluding hydrogens is 600 g/mol. The summed E-state index contributed by atoms with van der Waals surface area (Å²) in [7, 11) is 0. The molecule has 4 aromatic rings. The first kappa shape index (κ1) is 32.7. The second-order valence-corrected chi connectivity index (χ2v) is 12.8. The van der Waals surface area contributed by atoms with Crippen molar-refractivity contribution in [2.75, 3.05) is 13.2 Å². The van der Waals surface area contributed by atoms with Gasteiger partial charge in [-0.1, -0.05) is 96.5 Å². The normalized spacial score (nSPS) is 24.5. The molecule has 6 unspecified atom stereocenters. The first-order valence-corrected chi connectivity index (χ1v) is 16.6. The summed E-state index contributed by atoms with van der Waals surface area (Å²) in [5.41, 5.74) is 4.55. The Bertz CT molecular complexity index is 1530. The average Bonchev–Trinajstić information content (AvgIpc) is 3.08. The van der Waals surface area contributed by atoms with Crippen molar-refractivity contribution in [2.24, 2.45) is 5.92 Å². The highest BCUT2D eigenvalue weighted by Gasteiger charge is 2.61. The zero-order chi connectivity index (χ0) is 31.9. The van der Waals surface area contributed by atoms with Gasteiger partial charge in [0.05, 0.1) is 44.2 Å². The molecule has 6 nitrogen and oxygen atoms in total. The van der Waals surface area contributed by atoms with Crippen molar-refractivity contribution >= 4 is 11.6 Å². The van der Waals surface area contributed by atoms with Gasteiger partial charge in [-0.3, -0.25) is 0 Å². The van der Waals surface area contributed by atoms with E-state index < -0.39 is 23.9 Å². The Hall–Kier alpha value is -3.23. The van der Waals surface area contributed by atoms with Gasteiger partial charge in [0.25, 0.3) is 0 Å². The van der Waals surface area contributed by atoms with Gasteiger partial charge in [0.1, 0.15) is 18.0 Å². The number of aliphatic hydroxyl groups excluding tert-OH is 2. The predicted molar refractivity (Wildman–Crippen MR) is 179 cm³/mol. The molecule has 6 rings (SSSR count). The van der Waals surface area contributed by atoms with E-state index in [0.29, 0.717) is 37.7 Å². The van der Waals surface area contributed by atoms with Crippen LogP contribution >= 0.6 is 11.6 Å². The monoisotopic (exact) mass is 642 g/mol. The van der Waals surface area contributed by atoms with Crippen LogP contribution in [0.5, 0.6) is 5.75 Å². The Balaban J connectivity index is 1.35. The molecule has 1 heterocycles. The van der Waals surface area contributed by atoms with Gasteiger partial charge in [-0.2, -0.15) is 0 Å².